The van der Waals surface area contributed by atoms with Crippen molar-refractivity contribution in [2.24, 2.45) is 5.92 Å². The molecule has 3 rings (SSSR count). The number of carbonyl (C=O) groups excluding carboxylic acids is 2. The third-order valence-corrected chi connectivity index (χ3v) is 5.45. The van der Waals surface area contributed by atoms with E-state index in [1.165, 1.54) is 5.56 Å². The minimum Gasteiger partial charge on any atom is -0.372 e. The Morgan fingerprint density at radius 1 is 1.11 bits per heavy atom. The number of morpholine rings is 1. The molecule has 2 fully saturated rings. The summed E-state index contributed by atoms with van der Waals surface area (Å²) in [6.07, 6.45) is 2.56. The predicted molar refractivity (Wildman–Crippen MR) is 106 cm³/mol. The van der Waals surface area contributed by atoms with Crippen LogP contribution >= 0.6 is 0 Å². The van der Waals surface area contributed by atoms with Crippen molar-refractivity contribution in [2.75, 3.05) is 31.5 Å². The lowest BCUT2D eigenvalue weighted by Gasteiger charge is -2.39. The number of piperidine rings is 1. The maximum Gasteiger partial charge on any atom is 0.321 e. The van der Waals surface area contributed by atoms with Gasteiger partial charge >= 0.3 is 6.03 Å². The molecule has 2 heterocycles. The maximum absolute atomic E-state index is 12.8. The first-order valence-corrected chi connectivity index (χ1v) is 10.1. The van der Waals surface area contributed by atoms with Gasteiger partial charge in [-0.25, -0.2) is 4.79 Å². The molecule has 1 aromatic carbocycles. The third-order valence-electron chi connectivity index (χ3n) is 5.45. The van der Waals surface area contributed by atoms with Crippen LogP contribution in [-0.2, 0) is 16.0 Å². The van der Waals surface area contributed by atoms with Gasteiger partial charge in [-0.2, -0.15) is 0 Å². The normalized spacial score (nSPS) is 24.0. The van der Waals surface area contributed by atoms with Crippen LogP contribution in [0.1, 0.15) is 39.2 Å². The molecule has 148 valence electrons. The highest BCUT2D eigenvalue weighted by Gasteiger charge is 2.33. The Morgan fingerprint density at radius 2 is 1.78 bits per heavy atom. The van der Waals surface area contributed by atoms with Gasteiger partial charge in [-0.3, -0.25) is 4.79 Å². The summed E-state index contributed by atoms with van der Waals surface area (Å²) in [5.41, 5.74) is 2.03. The number of hydrogen-bond acceptors (Lipinski definition) is 3. The molecule has 1 N–H and O–H groups in total. The lowest BCUT2D eigenvalue weighted by Crippen LogP contribution is -2.52. The number of rotatable bonds is 3. The van der Waals surface area contributed by atoms with Gasteiger partial charge in [0.2, 0.25) is 5.91 Å². The van der Waals surface area contributed by atoms with E-state index in [2.05, 4.69) is 18.3 Å². The first-order chi connectivity index (χ1) is 13.0. The molecule has 2 aliphatic rings. The Hall–Kier alpha value is -2.08. The molecule has 1 aromatic rings. The lowest BCUT2D eigenvalue weighted by molar-refractivity contribution is -0.148. The third kappa shape index (κ3) is 5.01. The second kappa shape index (κ2) is 8.74. The van der Waals surface area contributed by atoms with E-state index in [-0.39, 0.29) is 30.1 Å². The summed E-state index contributed by atoms with van der Waals surface area (Å²) in [7, 11) is 0. The minimum absolute atomic E-state index is 0.00923. The van der Waals surface area contributed by atoms with E-state index in [9.17, 15) is 9.59 Å². The van der Waals surface area contributed by atoms with Gasteiger partial charge in [-0.15, -0.1) is 0 Å². The fourth-order valence-electron chi connectivity index (χ4n) is 4.02. The maximum atomic E-state index is 12.8. The van der Waals surface area contributed by atoms with Crippen molar-refractivity contribution < 1.29 is 14.3 Å². The molecule has 6 heteroatoms. The summed E-state index contributed by atoms with van der Waals surface area (Å²) in [6, 6.07) is 7.86. The van der Waals surface area contributed by atoms with E-state index in [1.807, 2.05) is 41.8 Å². The molecule has 2 atom stereocenters. The largest absolute Gasteiger partial charge is 0.372 e. The van der Waals surface area contributed by atoms with Crippen LogP contribution in [0, 0.1) is 5.92 Å². The zero-order chi connectivity index (χ0) is 19.4. The first-order valence-electron chi connectivity index (χ1n) is 10.1. The van der Waals surface area contributed by atoms with E-state index in [4.69, 9.17) is 4.74 Å². The van der Waals surface area contributed by atoms with Crippen LogP contribution < -0.4 is 5.32 Å². The van der Waals surface area contributed by atoms with Gasteiger partial charge in [0.05, 0.1) is 12.2 Å². The summed E-state index contributed by atoms with van der Waals surface area (Å²) >= 11 is 0. The van der Waals surface area contributed by atoms with Crippen LogP contribution in [0.15, 0.2) is 24.3 Å². The van der Waals surface area contributed by atoms with Crippen LogP contribution in [0.4, 0.5) is 10.5 Å². The number of aryl methyl sites for hydroxylation is 1. The van der Waals surface area contributed by atoms with E-state index in [0.29, 0.717) is 26.2 Å². The number of urea groups is 1. The monoisotopic (exact) mass is 373 g/mol. The second-order valence-electron chi connectivity index (χ2n) is 7.75. The van der Waals surface area contributed by atoms with Crippen molar-refractivity contribution >= 4 is 17.6 Å². The molecule has 6 nitrogen and oxygen atoms in total. The summed E-state index contributed by atoms with van der Waals surface area (Å²) in [5, 5.41) is 2.98. The van der Waals surface area contributed by atoms with Crippen LogP contribution in [0.25, 0.3) is 0 Å². The number of nitrogens with one attached hydrogen (secondary N) is 1. The lowest BCUT2D eigenvalue weighted by atomic mass is 9.95. The number of amides is 3. The van der Waals surface area contributed by atoms with E-state index < -0.39 is 0 Å². The molecule has 0 unspecified atom stereocenters. The molecule has 0 radical (unpaired) electrons. The zero-order valence-corrected chi connectivity index (χ0v) is 16.6. The molecule has 27 heavy (non-hydrogen) atoms. The Balaban J connectivity index is 1.50. The summed E-state index contributed by atoms with van der Waals surface area (Å²) in [4.78, 5) is 29.1. The molecule has 0 saturated carbocycles. The van der Waals surface area contributed by atoms with Crippen LogP contribution in [-0.4, -0.2) is 60.1 Å². The van der Waals surface area contributed by atoms with Crippen LogP contribution in [0.2, 0.25) is 0 Å². The highest BCUT2D eigenvalue weighted by atomic mass is 16.5. The average Bonchev–Trinajstić information content (AvgIpc) is 2.67. The molecule has 0 bridgehead atoms. The Bertz CT molecular complexity index is 660. The zero-order valence-electron chi connectivity index (χ0n) is 16.6. The van der Waals surface area contributed by atoms with Gasteiger partial charge in [-0.1, -0.05) is 19.1 Å². The summed E-state index contributed by atoms with van der Waals surface area (Å²) in [5.74, 6) is 0.225. The number of hydrogen-bond donors (Lipinski definition) is 1. The molecule has 0 spiro atoms. The fraction of sp³-hybridized carbons (Fsp3) is 0.619. The molecule has 2 aliphatic heterocycles. The number of likely N-dealkylation sites (tertiary alicyclic amines) is 1. The molecular weight excluding hydrogens is 342 g/mol. The topological polar surface area (TPSA) is 61.9 Å². The van der Waals surface area contributed by atoms with E-state index in [0.717, 1.165) is 24.9 Å². The van der Waals surface area contributed by atoms with Gasteiger partial charge in [0.15, 0.2) is 0 Å². The molecule has 2 saturated heterocycles. The molecular formula is C21H31N3O3. The minimum atomic E-state index is -0.0808. The Morgan fingerprint density at radius 3 is 2.41 bits per heavy atom. The molecule has 0 aliphatic carbocycles. The van der Waals surface area contributed by atoms with Crippen molar-refractivity contribution in [2.45, 2.75) is 52.2 Å². The van der Waals surface area contributed by atoms with Crippen molar-refractivity contribution in [1.29, 1.82) is 0 Å². The highest BCUT2D eigenvalue weighted by Crippen LogP contribution is 2.23. The molecule has 0 aromatic heterocycles. The van der Waals surface area contributed by atoms with Gasteiger partial charge in [-0.05, 0) is 50.8 Å². The number of carbonyl (C=O) groups is 2. The van der Waals surface area contributed by atoms with E-state index in [1.54, 1.807) is 0 Å². The van der Waals surface area contributed by atoms with Crippen molar-refractivity contribution in [3.63, 3.8) is 0 Å². The standard InChI is InChI=1S/C21H31N3O3/c1-4-17-6-5-7-19(12-17)22-21(26)23-10-8-18(9-11-23)20(25)24-13-15(2)27-16(3)14-24/h5-7,12,15-16,18H,4,8-11,13-14H2,1-3H3,(H,22,26)/t15-,16-/m1/s1. The van der Waals surface area contributed by atoms with Crippen molar-refractivity contribution in [3.05, 3.63) is 29.8 Å². The van der Waals surface area contributed by atoms with E-state index >= 15 is 0 Å². The number of benzene rings is 1. The average molecular weight is 373 g/mol. The molecule has 3 amide bonds. The van der Waals surface area contributed by atoms with Crippen LogP contribution in [0.5, 0.6) is 0 Å². The van der Waals surface area contributed by atoms with Gasteiger partial charge in [0, 0.05) is 37.8 Å². The van der Waals surface area contributed by atoms with Crippen molar-refractivity contribution in [1.82, 2.24) is 9.80 Å². The highest BCUT2D eigenvalue weighted by molar-refractivity contribution is 5.89. The SMILES string of the molecule is CCc1cccc(NC(=O)N2CCC(C(=O)N3C[C@@H](C)O[C@H](C)C3)CC2)c1. The first kappa shape index (κ1) is 19.7. The van der Waals surface area contributed by atoms with Crippen molar-refractivity contribution in [3.8, 4) is 0 Å². The summed E-state index contributed by atoms with van der Waals surface area (Å²) < 4.78 is 5.72. The quantitative estimate of drug-likeness (QED) is 0.885. The smallest absolute Gasteiger partial charge is 0.321 e. The Kier molecular flexibility index (Phi) is 6.37. The Labute approximate surface area is 161 Å². The van der Waals surface area contributed by atoms with Gasteiger partial charge < -0.3 is 19.9 Å². The number of nitrogens with zero attached hydrogens (tertiary/aromatic N) is 2. The predicted octanol–water partition coefficient (Wildman–Crippen LogP) is 3.13. The van der Waals surface area contributed by atoms with Gasteiger partial charge in [0.25, 0.3) is 0 Å². The second-order valence-corrected chi connectivity index (χ2v) is 7.75. The number of ether oxygens (including phenoxy) is 1. The van der Waals surface area contributed by atoms with Gasteiger partial charge in [0.1, 0.15) is 0 Å². The number of anilines is 1. The van der Waals surface area contributed by atoms with Crippen LogP contribution in [0.3, 0.4) is 0 Å². The summed E-state index contributed by atoms with van der Waals surface area (Å²) in [6.45, 7) is 8.68. The fourth-order valence-corrected chi connectivity index (χ4v) is 4.02.